The average molecular weight is 328 g/mol. The van der Waals surface area contributed by atoms with E-state index in [1.807, 2.05) is 13.0 Å². The Morgan fingerprint density at radius 1 is 1.58 bits per heavy atom. The minimum absolute atomic E-state index is 0.0751. The van der Waals surface area contributed by atoms with Gasteiger partial charge < -0.3 is 14.8 Å². The topological polar surface area (TPSA) is 47.6 Å². The first-order valence-corrected chi connectivity index (χ1v) is 7.32. The van der Waals surface area contributed by atoms with Gasteiger partial charge >= 0.3 is 0 Å². The molecule has 1 saturated heterocycles. The van der Waals surface area contributed by atoms with Gasteiger partial charge in [0.1, 0.15) is 12.4 Å². The molecule has 1 fully saturated rings. The molecule has 1 aliphatic rings. The van der Waals surface area contributed by atoms with Crippen molar-refractivity contribution in [1.29, 1.82) is 0 Å². The second-order valence-corrected chi connectivity index (χ2v) is 5.31. The summed E-state index contributed by atoms with van der Waals surface area (Å²) in [7, 11) is 0. The van der Waals surface area contributed by atoms with Crippen LogP contribution in [0.4, 0.5) is 0 Å². The molecule has 1 unspecified atom stereocenters. The lowest BCUT2D eigenvalue weighted by atomic mass is 10.2. The maximum atomic E-state index is 11.7. The van der Waals surface area contributed by atoms with Crippen molar-refractivity contribution in [2.24, 2.45) is 0 Å². The minimum atomic E-state index is -0.0751. The van der Waals surface area contributed by atoms with E-state index in [4.69, 9.17) is 9.47 Å². The summed E-state index contributed by atoms with van der Waals surface area (Å²) in [6, 6.07) is 5.35. The van der Waals surface area contributed by atoms with Gasteiger partial charge in [-0.2, -0.15) is 0 Å². The van der Waals surface area contributed by atoms with Crippen molar-refractivity contribution in [3.05, 3.63) is 28.2 Å². The molecule has 0 radical (unpaired) electrons. The van der Waals surface area contributed by atoms with E-state index in [0.717, 1.165) is 29.7 Å². The Bertz CT molecular complexity index is 444. The summed E-state index contributed by atoms with van der Waals surface area (Å²) >= 11 is 3.43. The van der Waals surface area contributed by atoms with Gasteiger partial charge in [-0.3, -0.25) is 4.79 Å². The van der Waals surface area contributed by atoms with Crippen LogP contribution in [0, 0.1) is 0 Å². The number of ether oxygens (including phenoxy) is 2. The predicted molar refractivity (Wildman–Crippen MR) is 76.6 cm³/mol. The van der Waals surface area contributed by atoms with Gasteiger partial charge in [0, 0.05) is 18.7 Å². The summed E-state index contributed by atoms with van der Waals surface area (Å²) in [5.74, 6) is 0.664. The number of amides is 1. The highest BCUT2D eigenvalue weighted by atomic mass is 79.9. The fourth-order valence-corrected chi connectivity index (χ4v) is 2.47. The molecule has 5 heteroatoms. The Balaban J connectivity index is 1.96. The van der Waals surface area contributed by atoms with E-state index in [2.05, 4.69) is 21.2 Å². The molecule has 1 aromatic rings. The zero-order valence-electron chi connectivity index (χ0n) is 10.9. The standard InChI is InChI=1S/C14H18BrNO3/c1-2-16-14(17)10-5-6-13(12(15)8-10)19-9-11-4-3-7-18-11/h5-6,8,11H,2-4,7,9H2,1H3,(H,16,17). The smallest absolute Gasteiger partial charge is 0.251 e. The first kappa shape index (κ1) is 14.3. The molecule has 1 N–H and O–H groups in total. The van der Waals surface area contributed by atoms with Crippen LogP contribution in [0.3, 0.4) is 0 Å². The molecule has 4 nitrogen and oxygen atoms in total. The van der Waals surface area contributed by atoms with Gasteiger partial charge in [-0.05, 0) is 53.9 Å². The van der Waals surface area contributed by atoms with Crippen LogP contribution in [-0.4, -0.2) is 31.8 Å². The van der Waals surface area contributed by atoms with Gasteiger partial charge in [-0.1, -0.05) is 0 Å². The Morgan fingerprint density at radius 2 is 2.42 bits per heavy atom. The number of nitrogens with one attached hydrogen (secondary N) is 1. The molecular formula is C14H18BrNO3. The lowest BCUT2D eigenvalue weighted by molar-refractivity contribution is 0.0677. The van der Waals surface area contributed by atoms with Gasteiger partial charge in [0.15, 0.2) is 0 Å². The van der Waals surface area contributed by atoms with Crippen LogP contribution in [0.5, 0.6) is 5.75 Å². The number of benzene rings is 1. The third-order valence-electron chi connectivity index (χ3n) is 2.98. The summed E-state index contributed by atoms with van der Waals surface area (Å²) in [5.41, 5.74) is 0.623. The minimum Gasteiger partial charge on any atom is -0.490 e. The molecule has 19 heavy (non-hydrogen) atoms. The van der Waals surface area contributed by atoms with Crippen molar-refractivity contribution in [2.75, 3.05) is 19.8 Å². The van der Waals surface area contributed by atoms with Crippen LogP contribution >= 0.6 is 15.9 Å². The zero-order chi connectivity index (χ0) is 13.7. The number of carbonyl (C=O) groups excluding carboxylic acids is 1. The maximum Gasteiger partial charge on any atom is 0.251 e. The van der Waals surface area contributed by atoms with Crippen molar-refractivity contribution in [1.82, 2.24) is 5.32 Å². The molecule has 1 heterocycles. The first-order valence-electron chi connectivity index (χ1n) is 6.53. The van der Waals surface area contributed by atoms with Gasteiger partial charge in [0.25, 0.3) is 5.91 Å². The molecule has 0 bridgehead atoms. The van der Waals surface area contributed by atoms with E-state index < -0.39 is 0 Å². The van der Waals surface area contributed by atoms with E-state index in [1.165, 1.54) is 0 Å². The highest BCUT2D eigenvalue weighted by molar-refractivity contribution is 9.10. The normalized spacial score (nSPS) is 18.3. The summed E-state index contributed by atoms with van der Waals surface area (Å²) in [6.07, 6.45) is 2.34. The third kappa shape index (κ3) is 3.94. The molecule has 1 aromatic carbocycles. The maximum absolute atomic E-state index is 11.7. The number of carbonyl (C=O) groups is 1. The fourth-order valence-electron chi connectivity index (χ4n) is 1.98. The van der Waals surface area contributed by atoms with Crippen LogP contribution in [0.25, 0.3) is 0 Å². The van der Waals surface area contributed by atoms with Crippen LogP contribution in [0.1, 0.15) is 30.1 Å². The molecule has 1 atom stereocenters. The summed E-state index contributed by atoms with van der Waals surface area (Å²) < 4.78 is 12.0. The van der Waals surface area contributed by atoms with Crippen LogP contribution in [0.2, 0.25) is 0 Å². The molecular weight excluding hydrogens is 310 g/mol. The second kappa shape index (κ2) is 6.91. The fraction of sp³-hybridized carbons (Fsp3) is 0.500. The molecule has 0 spiro atoms. The van der Waals surface area contributed by atoms with E-state index in [9.17, 15) is 4.79 Å². The van der Waals surface area contributed by atoms with E-state index >= 15 is 0 Å². The Morgan fingerprint density at radius 3 is 3.05 bits per heavy atom. The molecule has 1 amide bonds. The van der Waals surface area contributed by atoms with Gasteiger partial charge in [0.2, 0.25) is 0 Å². The van der Waals surface area contributed by atoms with Crippen LogP contribution in [0.15, 0.2) is 22.7 Å². The van der Waals surface area contributed by atoms with Crippen molar-refractivity contribution in [2.45, 2.75) is 25.9 Å². The highest BCUT2D eigenvalue weighted by Crippen LogP contribution is 2.27. The molecule has 104 valence electrons. The van der Waals surface area contributed by atoms with Crippen molar-refractivity contribution in [3.8, 4) is 5.75 Å². The summed E-state index contributed by atoms with van der Waals surface area (Å²) in [6.45, 7) is 3.89. The van der Waals surface area contributed by atoms with Gasteiger partial charge in [-0.15, -0.1) is 0 Å². The summed E-state index contributed by atoms with van der Waals surface area (Å²) in [5, 5.41) is 2.76. The lowest BCUT2D eigenvalue weighted by Gasteiger charge is -2.13. The van der Waals surface area contributed by atoms with E-state index in [1.54, 1.807) is 12.1 Å². The average Bonchev–Trinajstić information content (AvgIpc) is 2.90. The molecule has 0 aromatic heterocycles. The number of hydrogen-bond acceptors (Lipinski definition) is 3. The monoisotopic (exact) mass is 327 g/mol. The van der Waals surface area contributed by atoms with Crippen molar-refractivity contribution >= 4 is 21.8 Å². The summed E-state index contributed by atoms with van der Waals surface area (Å²) in [4.78, 5) is 11.7. The Kier molecular flexibility index (Phi) is 5.22. The largest absolute Gasteiger partial charge is 0.490 e. The molecule has 0 aliphatic carbocycles. The highest BCUT2D eigenvalue weighted by Gasteiger charge is 2.17. The van der Waals surface area contributed by atoms with Crippen LogP contribution in [-0.2, 0) is 4.74 Å². The number of rotatable bonds is 5. The van der Waals surface area contributed by atoms with Crippen LogP contribution < -0.4 is 10.1 Å². The van der Waals surface area contributed by atoms with Crippen molar-refractivity contribution in [3.63, 3.8) is 0 Å². The van der Waals surface area contributed by atoms with Gasteiger partial charge in [-0.25, -0.2) is 0 Å². The predicted octanol–water partition coefficient (Wildman–Crippen LogP) is 2.76. The second-order valence-electron chi connectivity index (χ2n) is 4.45. The third-order valence-corrected chi connectivity index (χ3v) is 3.60. The van der Waals surface area contributed by atoms with E-state index in [0.29, 0.717) is 18.7 Å². The number of halogens is 1. The Hall–Kier alpha value is -1.07. The van der Waals surface area contributed by atoms with E-state index in [-0.39, 0.29) is 12.0 Å². The quantitative estimate of drug-likeness (QED) is 0.904. The van der Waals surface area contributed by atoms with Gasteiger partial charge in [0.05, 0.1) is 10.6 Å². The molecule has 2 rings (SSSR count). The zero-order valence-corrected chi connectivity index (χ0v) is 12.5. The van der Waals surface area contributed by atoms with Crippen molar-refractivity contribution < 1.29 is 14.3 Å². The SMILES string of the molecule is CCNC(=O)c1ccc(OCC2CCCO2)c(Br)c1. The Labute approximate surface area is 121 Å². The number of hydrogen-bond donors (Lipinski definition) is 1. The molecule has 0 saturated carbocycles. The first-order chi connectivity index (χ1) is 9.20. The molecule has 1 aliphatic heterocycles. The lowest BCUT2D eigenvalue weighted by Crippen LogP contribution is -2.22.